The topological polar surface area (TPSA) is 21.3 Å². The Morgan fingerprint density at radius 2 is 2.43 bits per heavy atom. The van der Waals surface area contributed by atoms with Crippen molar-refractivity contribution >= 4 is 22.9 Å². The van der Waals surface area contributed by atoms with Gasteiger partial charge in [0.25, 0.3) is 0 Å². The fourth-order valence-electron chi connectivity index (χ4n) is 1.27. The van der Waals surface area contributed by atoms with Crippen molar-refractivity contribution in [3.8, 4) is 0 Å². The van der Waals surface area contributed by atoms with Crippen LogP contribution in [-0.4, -0.2) is 20.3 Å². The zero-order chi connectivity index (χ0) is 10.4. The van der Waals surface area contributed by atoms with Crippen molar-refractivity contribution in [3.05, 3.63) is 21.3 Å². The predicted molar refractivity (Wildman–Crippen MR) is 62.2 cm³/mol. The molecular formula is C10H16ClNOS. The van der Waals surface area contributed by atoms with Gasteiger partial charge in [0, 0.05) is 12.0 Å². The summed E-state index contributed by atoms with van der Waals surface area (Å²) in [5, 5.41) is 6.26. The first-order valence-electron chi connectivity index (χ1n) is 4.74. The minimum absolute atomic E-state index is 0.229. The molecule has 0 fully saturated rings. The van der Waals surface area contributed by atoms with E-state index in [1.807, 2.05) is 11.4 Å². The highest BCUT2D eigenvalue weighted by molar-refractivity contribution is 7.10. The normalized spacial score (nSPS) is 13.1. The fourth-order valence-corrected chi connectivity index (χ4v) is 2.52. The third kappa shape index (κ3) is 3.24. The summed E-state index contributed by atoms with van der Waals surface area (Å²) in [6.07, 6.45) is 1.11. The molecule has 1 aromatic heterocycles. The average Bonchev–Trinajstić information content (AvgIpc) is 2.59. The number of thiophene rings is 1. The molecule has 0 saturated carbocycles. The summed E-state index contributed by atoms with van der Waals surface area (Å²) in [6.45, 7) is 3.80. The maximum absolute atomic E-state index is 6.06. The number of ether oxygens (including phenoxy) is 1. The second kappa shape index (κ2) is 6.40. The molecule has 4 heteroatoms. The van der Waals surface area contributed by atoms with Crippen molar-refractivity contribution in [2.75, 3.05) is 20.3 Å². The fraction of sp³-hybridized carbons (Fsp3) is 0.600. The lowest BCUT2D eigenvalue weighted by Gasteiger charge is -2.16. The number of rotatable bonds is 6. The van der Waals surface area contributed by atoms with Crippen LogP contribution >= 0.6 is 22.9 Å². The molecule has 14 heavy (non-hydrogen) atoms. The molecule has 80 valence electrons. The molecule has 0 saturated heterocycles. The number of hydrogen-bond acceptors (Lipinski definition) is 3. The summed E-state index contributed by atoms with van der Waals surface area (Å²) in [5.74, 6) is 0. The predicted octanol–water partition coefficient (Wildman–Crippen LogP) is 3.09. The van der Waals surface area contributed by atoms with Gasteiger partial charge in [0.05, 0.1) is 17.7 Å². The van der Waals surface area contributed by atoms with Gasteiger partial charge in [0.2, 0.25) is 0 Å². The van der Waals surface area contributed by atoms with Crippen LogP contribution in [0.4, 0.5) is 0 Å². The van der Waals surface area contributed by atoms with Crippen LogP contribution in [0.2, 0.25) is 5.02 Å². The largest absolute Gasteiger partial charge is 0.383 e. The van der Waals surface area contributed by atoms with Crippen molar-refractivity contribution in [3.63, 3.8) is 0 Å². The van der Waals surface area contributed by atoms with Gasteiger partial charge in [-0.3, -0.25) is 0 Å². The van der Waals surface area contributed by atoms with Crippen molar-refractivity contribution in [2.45, 2.75) is 19.4 Å². The summed E-state index contributed by atoms with van der Waals surface area (Å²) in [4.78, 5) is 1.17. The van der Waals surface area contributed by atoms with Gasteiger partial charge in [-0.2, -0.15) is 0 Å². The van der Waals surface area contributed by atoms with E-state index in [0.717, 1.165) is 18.0 Å². The van der Waals surface area contributed by atoms with E-state index < -0.39 is 0 Å². The van der Waals surface area contributed by atoms with E-state index in [9.17, 15) is 0 Å². The Hall–Kier alpha value is -0.0900. The molecule has 2 nitrogen and oxygen atoms in total. The lowest BCUT2D eigenvalue weighted by atomic mass is 10.2. The molecule has 0 aliphatic heterocycles. The molecule has 0 amide bonds. The standard InChI is InChI=1S/C10H16ClNOS/c1-3-5-12-9(7-13-2)10-8(11)4-6-14-10/h4,6,9,12H,3,5,7H2,1-2H3. The highest BCUT2D eigenvalue weighted by atomic mass is 35.5. The van der Waals surface area contributed by atoms with Crippen LogP contribution in [0.5, 0.6) is 0 Å². The Kier molecular flexibility index (Phi) is 5.48. The molecule has 0 aliphatic rings. The van der Waals surface area contributed by atoms with E-state index in [4.69, 9.17) is 16.3 Å². The minimum atomic E-state index is 0.229. The number of nitrogens with one attached hydrogen (secondary N) is 1. The number of methoxy groups -OCH3 is 1. The van der Waals surface area contributed by atoms with E-state index in [-0.39, 0.29) is 6.04 Å². The average molecular weight is 234 g/mol. The molecule has 0 aromatic carbocycles. The summed E-state index contributed by atoms with van der Waals surface area (Å²) in [7, 11) is 1.71. The van der Waals surface area contributed by atoms with Crippen molar-refractivity contribution in [2.24, 2.45) is 0 Å². The van der Waals surface area contributed by atoms with Gasteiger partial charge in [-0.1, -0.05) is 18.5 Å². The SMILES string of the molecule is CCCNC(COC)c1sccc1Cl. The maximum atomic E-state index is 6.06. The Morgan fingerprint density at radius 3 is 2.93 bits per heavy atom. The quantitative estimate of drug-likeness (QED) is 0.816. The second-order valence-electron chi connectivity index (χ2n) is 3.09. The van der Waals surface area contributed by atoms with E-state index in [1.165, 1.54) is 4.88 Å². The monoisotopic (exact) mass is 233 g/mol. The molecule has 0 spiro atoms. The first kappa shape index (κ1) is 12.0. The van der Waals surface area contributed by atoms with Crippen LogP contribution in [0.1, 0.15) is 24.3 Å². The van der Waals surface area contributed by atoms with Crippen LogP contribution < -0.4 is 5.32 Å². The summed E-state index contributed by atoms with van der Waals surface area (Å²) in [6, 6.07) is 2.16. The second-order valence-corrected chi connectivity index (χ2v) is 4.45. The first-order valence-corrected chi connectivity index (χ1v) is 6.00. The zero-order valence-electron chi connectivity index (χ0n) is 8.55. The maximum Gasteiger partial charge on any atom is 0.0667 e. The number of hydrogen-bond donors (Lipinski definition) is 1. The molecule has 0 radical (unpaired) electrons. The van der Waals surface area contributed by atoms with E-state index >= 15 is 0 Å². The highest BCUT2D eigenvalue weighted by Gasteiger charge is 2.14. The molecule has 1 unspecified atom stereocenters. The zero-order valence-corrected chi connectivity index (χ0v) is 10.1. The Labute approximate surface area is 94.2 Å². The molecule has 1 atom stereocenters. The summed E-state index contributed by atoms with van der Waals surface area (Å²) in [5.41, 5.74) is 0. The third-order valence-electron chi connectivity index (χ3n) is 1.94. The molecule has 0 bridgehead atoms. The van der Waals surface area contributed by atoms with Crippen LogP contribution in [0.3, 0.4) is 0 Å². The molecule has 0 aliphatic carbocycles. The van der Waals surface area contributed by atoms with Gasteiger partial charge in [0.1, 0.15) is 0 Å². The highest BCUT2D eigenvalue weighted by Crippen LogP contribution is 2.28. The third-order valence-corrected chi connectivity index (χ3v) is 3.41. The van der Waals surface area contributed by atoms with Gasteiger partial charge in [-0.15, -0.1) is 11.3 Å². The number of halogens is 1. The Balaban J connectivity index is 2.62. The van der Waals surface area contributed by atoms with Crippen LogP contribution in [0.25, 0.3) is 0 Å². The van der Waals surface area contributed by atoms with Crippen LogP contribution in [-0.2, 0) is 4.74 Å². The van der Waals surface area contributed by atoms with Crippen molar-refractivity contribution < 1.29 is 4.74 Å². The smallest absolute Gasteiger partial charge is 0.0667 e. The first-order chi connectivity index (χ1) is 6.79. The van der Waals surface area contributed by atoms with Gasteiger partial charge in [0.15, 0.2) is 0 Å². The lowest BCUT2D eigenvalue weighted by molar-refractivity contribution is 0.168. The van der Waals surface area contributed by atoms with Gasteiger partial charge >= 0.3 is 0 Å². The van der Waals surface area contributed by atoms with Crippen LogP contribution in [0, 0.1) is 0 Å². The molecular weight excluding hydrogens is 218 g/mol. The molecule has 1 aromatic rings. The Bertz CT molecular complexity index is 264. The van der Waals surface area contributed by atoms with E-state index in [0.29, 0.717) is 6.61 Å². The Morgan fingerprint density at radius 1 is 1.64 bits per heavy atom. The summed E-state index contributed by atoms with van der Waals surface area (Å²) < 4.78 is 5.17. The van der Waals surface area contributed by atoms with Crippen LogP contribution in [0.15, 0.2) is 11.4 Å². The lowest BCUT2D eigenvalue weighted by Crippen LogP contribution is -2.25. The van der Waals surface area contributed by atoms with Gasteiger partial charge in [-0.25, -0.2) is 0 Å². The molecule has 1 N–H and O–H groups in total. The summed E-state index contributed by atoms with van der Waals surface area (Å²) >= 11 is 7.74. The molecule has 1 heterocycles. The van der Waals surface area contributed by atoms with Gasteiger partial charge < -0.3 is 10.1 Å². The van der Waals surface area contributed by atoms with E-state index in [2.05, 4.69) is 12.2 Å². The van der Waals surface area contributed by atoms with Crippen molar-refractivity contribution in [1.29, 1.82) is 0 Å². The van der Waals surface area contributed by atoms with Gasteiger partial charge in [-0.05, 0) is 24.4 Å². The molecule has 1 rings (SSSR count). The minimum Gasteiger partial charge on any atom is -0.383 e. The van der Waals surface area contributed by atoms with E-state index in [1.54, 1.807) is 18.4 Å². The van der Waals surface area contributed by atoms with Crippen molar-refractivity contribution in [1.82, 2.24) is 5.32 Å².